The predicted molar refractivity (Wildman–Crippen MR) is 307 cm³/mol. The van der Waals surface area contributed by atoms with Crippen molar-refractivity contribution < 1.29 is 138 Å². The van der Waals surface area contributed by atoms with Gasteiger partial charge in [0.15, 0.2) is 43.7 Å². The summed E-state index contributed by atoms with van der Waals surface area (Å²) in [5.74, 6) is -3.69. The highest BCUT2D eigenvalue weighted by atomic mass is 16.8. The van der Waals surface area contributed by atoms with Crippen molar-refractivity contribution in [2.24, 2.45) is 50.2 Å². The molecule has 0 aromatic rings. The fraction of sp³-hybridized carbons (Fsp3) is 0.921. The van der Waals surface area contributed by atoms with Crippen LogP contribution in [0.25, 0.3) is 0 Å². The number of allylic oxidation sites excluding steroid dienone is 1. The van der Waals surface area contributed by atoms with E-state index in [2.05, 4.69) is 20.8 Å². The van der Waals surface area contributed by atoms with Crippen LogP contribution in [0.4, 0.5) is 0 Å². The molecule has 10 aliphatic rings. The second kappa shape index (κ2) is 25.6. The molecule has 5 aliphatic heterocycles. The summed E-state index contributed by atoms with van der Waals surface area (Å²) in [5.41, 5.74) is -5.89. The van der Waals surface area contributed by atoms with Crippen LogP contribution >= 0.6 is 0 Å². The van der Waals surface area contributed by atoms with Crippen LogP contribution < -0.4 is 0 Å². The maximum Gasteiger partial charge on any atom is 0.335 e. The van der Waals surface area contributed by atoms with Crippen LogP contribution in [0.3, 0.4) is 0 Å². The minimum atomic E-state index is -2.29. The first-order valence-corrected chi connectivity index (χ1v) is 32.4. The third-order valence-electron chi connectivity index (χ3n) is 24.5. The predicted octanol–water partition coefficient (Wildman–Crippen LogP) is -1.10. The van der Waals surface area contributed by atoms with Crippen LogP contribution in [0.5, 0.6) is 0 Å². The lowest BCUT2D eigenvalue weighted by Gasteiger charge is -2.75. The van der Waals surface area contributed by atoms with E-state index in [1.165, 1.54) is 6.92 Å². The second-order valence-electron chi connectivity index (χ2n) is 29.8. The van der Waals surface area contributed by atoms with Gasteiger partial charge in [-0.1, -0.05) is 61.5 Å². The number of hydrogen-bond donors (Lipinski definition) is 14. The molecule has 5 saturated heterocycles. The quantitative estimate of drug-likeness (QED) is 0.0495. The fourth-order valence-electron chi connectivity index (χ4n) is 19.3. The van der Waals surface area contributed by atoms with Gasteiger partial charge in [-0.2, -0.15) is 0 Å². The Morgan fingerprint density at radius 3 is 1.77 bits per heavy atom. The first-order chi connectivity index (χ1) is 42.5. The Hall–Kier alpha value is -2.73. The zero-order chi connectivity index (χ0) is 66.9. The third kappa shape index (κ3) is 11.1. The highest BCUT2D eigenvalue weighted by Crippen LogP contribution is 2.82. The number of carboxylic acid groups (broad SMARTS) is 1. The minimum absolute atomic E-state index is 0.0523. The zero-order valence-corrected chi connectivity index (χ0v) is 53.7. The zero-order valence-electron chi connectivity index (χ0n) is 53.7. The van der Waals surface area contributed by atoms with E-state index in [0.29, 0.717) is 50.5 Å². The topological polar surface area (TPSA) is 436 Å². The van der Waals surface area contributed by atoms with Crippen molar-refractivity contribution in [1.82, 2.24) is 0 Å². The number of carbonyl (C=O) groups is 3. The Bertz CT molecular complexity index is 2660. The normalized spacial score (nSPS) is 52.6. The number of aliphatic hydroxyl groups is 13. The molecule has 10 rings (SSSR count). The van der Waals surface area contributed by atoms with Crippen molar-refractivity contribution in [3.05, 3.63) is 11.6 Å². The number of aliphatic hydroxyl groups excluding tert-OH is 13. The molecule has 10 fully saturated rings. The van der Waals surface area contributed by atoms with Crippen molar-refractivity contribution >= 4 is 17.9 Å². The van der Waals surface area contributed by atoms with Gasteiger partial charge in [0.05, 0.1) is 42.5 Å². The lowest BCUT2D eigenvalue weighted by Crippen LogP contribution is -2.77. The van der Waals surface area contributed by atoms with Gasteiger partial charge < -0.3 is 124 Å². The summed E-state index contributed by atoms with van der Waals surface area (Å²) < 4.78 is 69.1. The van der Waals surface area contributed by atoms with Gasteiger partial charge in [0.1, 0.15) is 91.6 Å². The minimum Gasteiger partial charge on any atom is -0.479 e. The van der Waals surface area contributed by atoms with Crippen LogP contribution in [-0.2, 0) is 66.5 Å². The molecule has 0 aromatic heterocycles. The molecule has 5 aliphatic carbocycles. The molecule has 0 aromatic carbocycles. The summed E-state index contributed by atoms with van der Waals surface area (Å²) in [7, 11) is 0. The smallest absolute Gasteiger partial charge is 0.335 e. The standard InChI is InChI=1S/C63H100O28/c1-12-14-34(67)85-49-48(90-51(79)25(3)13-2)57(5,6)21-31-62-20-16-30-59(9)18-17-33(58(7,8)29(59)15-19-60(30,10)61(62,11)22-32(66)63(31,49)56(80)91-62)84-55-47(89-53-42(75)39(72)36(69)27(23-64)82-53)44(43(76)45(87-55)50(77)78)86-54-46(40(73)37(70)28(24-65)83-54)88-52-41(74)38(71)35(68)26(4)81-52/h13,26-33,35-49,52-56,64-66,68-76,80H,12,14-24H2,1-11H3,(H,77,78)/b25-13-/t26-,27+,28-,29-,30-,31+,32+,33+,35-,36+,37+,38+,39+,40+,41+,42-,43-,44+,45-,46-,47+,48-,49-,52-,53+,54+,55-,56+,59+,60+,61-,62+,63-/m0/s1. The van der Waals surface area contributed by atoms with E-state index in [0.717, 1.165) is 0 Å². The number of fused-ring (bicyclic) bond motifs is 4. The molecular formula is C63H100O28. The van der Waals surface area contributed by atoms with Gasteiger partial charge in [-0.05, 0) is 107 Å². The van der Waals surface area contributed by atoms with Crippen LogP contribution in [-0.4, -0.2) is 262 Å². The highest BCUT2D eigenvalue weighted by molar-refractivity contribution is 5.87. The van der Waals surface area contributed by atoms with Crippen LogP contribution in [0.2, 0.25) is 0 Å². The Balaban J connectivity index is 0.973. The van der Waals surface area contributed by atoms with Crippen molar-refractivity contribution in [1.29, 1.82) is 0 Å². The Morgan fingerprint density at radius 2 is 1.15 bits per heavy atom. The Kier molecular flexibility index (Phi) is 20.0. The van der Waals surface area contributed by atoms with Gasteiger partial charge in [-0.3, -0.25) is 4.79 Å². The molecule has 2 bridgehead atoms. The van der Waals surface area contributed by atoms with Gasteiger partial charge in [-0.25, -0.2) is 9.59 Å². The number of esters is 2. The molecule has 0 radical (unpaired) electrons. The number of aliphatic carboxylic acids is 1. The average molecular weight is 1310 g/mol. The largest absolute Gasteiger partial charge is 0.479 e. The van der Waals surface area contributed by atoms with Crippen molar-refractivity contribution in [2.75, 3.05) is 13.2 Å². The van der Waals surface area contributed by atoms with E-state index in [-0.39, 0.29) is 31.1 Å². The number of carbonyl (C=O) groups excluding carboxylic acids is 2. The van der Waals surface area contributed by atoms with Gasteiger partial charge in [0.25, 0.3) is 0 Å². The van der Waals surface area contributed by atoms with E-state index < -0.39 is 229 Å². The molecule has 1 spiro atoms. The number of carboxylic acids is 1. The highest BCUT2D eigenvalue weighted by Gasteiger charge is 2.86. The van der Waals surface area contributed by atoms with Crippen LogP contribution in [0.1, 0.15) is 140 Å². The molecule has 520 valence electrons. The van der Waals surface area contributed by atoms with Crippen LogP contribution in [0, 0.1) is 50.2 Å². The Morgan fingerprint density at radius 1 is 0.582 bits per heavy atom. The van der Waals surface area contributed by atoms with E-state index in [1.807, 2.05) is 34.6 Å². The van der Waals surface area contributed by atoms with Crippen molar-refractivity contribution in [2.45, 2.75) is 299 Å². The first-order valence-electron chi connectivity index (χ1n) is 32.4. The molecule has 0 amide bonds. The summed E-state index contributed by atoms with van der Waals surface area (Å²) in [6.45, 7) is 19.3. The number of ether oxygens (including phenoxy) is 11. The molecule has 91 heavy (non-hydrogen) atoms. The maximum atomic E-state index is 13.7. The summed E-state index contributed by atoms with van der Waals surface area (Å²) in [6.07, 6.45) is -38.6. The average Bonchev–Trinajstić information content (AvgIpc) is 1.56. The molecule has 28 nitrogen and oxygen atoms in total. The van der Waals surface area contributed by atoms with Gasteiger partial charge in [0, 0.05) is 28.7 Å². The summed E-state index contributed by atoms with van der Waals surface area (Å²) in [6, 6.07) is 0. The maximum absolute atomic E-state index is 13.7. The first kappa shape index (κ1) is 71.1. The lowest BCUT2D eigenvalue weighted by atomic mass is 9.30. The third-order valence-corrected chi connectivity index (χ3v) is 24.5. The lowest BCUT2D eigenvalue weighted by molar-refractivity contribution is -0.406. The fourth-order valence-corrected chi connectivity index (χ4v) is 19.3. The van der Waals surface area contributed by atoms with Gasteiger partial charge >= 0.3 is 17.9 Å². The van der Waals surface area contributed by atoms with Gasteiger partial charge in [0.2, 0.25) is 0 Å². The molecular weight excluding hydrogens is 1200 g/mol. The molecule has 5 saturated carbocycles. The van der Waals surface area contributed by atoms with E-state index >= 15 is 0 Å². The summed E-state index contributed by atoms with van der Waals surface area (Å²) in [4.78, 5) is 40.7. The molecule has 0 unspecified atom stereocenters. The SMILES string of the molecule is C/C=C(/C)C(=O)O[C@H]1[C@H](OC(=O)CCC)[C@]23[C@H](O)C[C@@]4(C)[C@]5(C)CC[C@H]6C(C)(C)[C@H](O[C@H]7O[C@H](C(=O)O)[C@@H](O)[C@@H](O[C@H]8O[C@@H](CO)[C@@H](O)[C@@H](O)[C@@H]8O[C@@H]8O[C@@H](C)[C@H](O)[C@@H](O)[C@H]8O)[C@H]7O[C@H]7O[C@H](CO)[C@@H](O)[C@@H](O)[C@@H]7O)CC[C@@]6(C)[C@@H]5CC[C@@]4(O[C@H]2O)[C@H]3CC1(C)C. The summed E-state index contributed by atoms with van der Waals surface area (Å²) >= 11 is 0. The molecule has 5 heterocycles. The number of rotatable bonds is 16. The monoisotopic (exact) mass is 1300 g/mol. The molecule has 28 heteroatoms. The second-order valence-corrected chi connectivity index (χ2v) is 29.8. The van der Waals surface area contributed by atoms with E-state index in [4.69, 9.17) is 52.1 Å². The summed E-state index contributed by atoms with van der Waals surface area (Å²) in [5, 5.41) is 157. The van der Waals surface area contributed by atoms with Crippen molar-refractivity contribution in [3.8, 4) is 0 Å². The van der Waals surface area contributed by atoms with Crippen LogP contribution in [0.15, 0.2) is 11.6 Å². The van der Waals surface area contributed by atoms with E-state index in [9.17, 15) is 85.9 Å². The molecule has 14 N–H and O–H groups in total. The van der Waals surface area contributed by atoms with E-state index in [1.54, 1.807) is 19.9 Å². The number of hydrogen-bond acceptors (Lipinski definition) is 27. The molecule has 33 atom stereocenters. The Labute approximate surface area is 528 Å². The van der Waals surface area contributed by atoms with Crippen molar-refractivity contribution in [3.63, 3.8) is 0 Å². The van der Waals surface area contributed by atoms with Gasteiger partial charge in [-0.15, -0.1) is 0 Å².